The Kier molecular flexibility index (Phi) is 26.5. The zero-order chi connectivity index (χ0) is 20.6. The fourth-order valence-electron chi connectivity index (χ4n) is 0. The van der Waals surface area contributed by atoms with Gasteiger partial charge in [-0.05, 0) is 0 Å². The van der Waals surface area contributed by atoms with Crippen LogP contribution in [0.5, 0.6) is 0 Å². The van der Waals surface area contributed by atoms with Crippen molar-refractivity contribution in [1.29, 1.82) is 0 Å². The number of carboxylic acids is 4. The first-order valence-corrected chi connectivity index (χ1v) is 5.45. The molecule has 0 aromatic heterocycles. The molecule has 0 N–H and O–H groups in total. The van der Waals surface area contributed by atoms with E-state index in [1.165, 1.54) is 0 Å². The van der Waals surface area contributed by atoms with Gasteiger partial charge in [0.05, 0.1) is 0 Å². The molecule has 25 heavy (non-hydrogen) atoms. The van der Waals surface area contributed by atoms with Gasteiger partial charge in [0, 0.05) is 27.7 Å². The summed E-state index contributed by atoms with van der Waals surface area (Å²) in [6, 6.07) is 0. The maximum atomic E-state index is 9.48. The maximum absolute atomic E-state index is 9.48. The molecule has 0 fully saturated rings. The summed E-state index contributed by atoms with van der Waals surface area (Å²) in [7, 11) is 0. The second-order valence-electron chi connectivity index (χ2n) is 3.37. The molecule has 0 amide bonds. The van der Waals surface area contributed by atoms with Crippen molar-refractivity contribution in [2.45, 2.75) is 27.7 Å². The van der Waals surface area contributed by atoms with E-state index in [0.717, 1.165) is 27.7 Å². The Hall–Kier alpha value is -2.52. The number of Topliss-reactive ketones (excluding diaryl/α,β-unsaturated/α-hetero) is 4. The summed E-state index contributed by atoms with van der Waals surface area (Å²) in [5.74, 6) is -10.3. The molecule has 0 aromatic carbocycles. The van der Waals surface area contributed by atoms with E-state index in [0.29, 0.717) is 0 Å². The Bertz CT molecular complexity index is 390. The van der Waals surface area contributed by atoms with Crippen LogP contribution in [0.4, 0.5) is 0 Å². The van der Waals surface area contributed by atoms with E-state index >= 15 is 0 Å². The van der Waals surface area contributed by atoms with Crippen LogP contribution < -0.4 is 20.4 Å². The monoisotopic (exact) mass is 556 g/mol. The number of hydrogen-bond donors (Lipinski definition) is 0. The van der Waals surface area contributed by atoms with Crippen LogP contribution in [-0.2, 0) is 38.4 Å². The number of carbonyl (C=O) groups is 8. The molecule has 0 unspecified atom stereocenters. The van der Waals surface area contributed by atoms with Crippen LogP contribution in [0.3, 0.4) is 0 Å². The Balaban J connectivity index is -0.0000000702. The molecule has 0 aliphatic heterocycles. The van der Waals surface area contributed by atoms with Gasteiger partial charge in [0.2, 0.25) is 0 Å². The van der Waals surface area contributed by atoms with Gasteiger partial charge in [-0.25, -0.2) is 0 Å². The van der Waals surface area contributed by atoms with Gasteiger partial charge >= 0.3 is 27.3 Å². The molecule has 0 bridgehead atoms. The summed E-state index contributed by atoms with van der Waals surface area (Å²) >= 11 is 0. The van der Waals surface area contributed by atoms with Crippen molar-refractivity contribution < 1.29 is 58.8 Å². The molecule has 0 rings (SSSR count). The van der Waals surface area contributed by atoms with Crippen LogP contribution in [0.2, 0.25) is 0 Å². The number of carboxylic acid groups (broad SMARTS) is 4. The minimum atomic E-state index is -1.63. The van der Waals surface area contributed by atoms with Crippen molar-refractivity contribution in [3.8, 4) is 0 Å². The first-order chi connectivity index (χ1) is 10.6. The number of rotatable bonds is 4. The normalized spacial score (nSPS) is 7.20. The van der Waals surface area contributed by atoms with Crippen LogP contribution in [-0.4, -0.2) is 74.3 Å². The molecule has 0 atom stereocenters. The average molecular weight is 555 g/mol. The molecule has 0 saturated heterocycles. The summed E-state index contributed by atoms with van der Waals surface area (Å²) < 4.78 is 0. The van der Waals surface area contributed by atoms with E-state index in [9.17, 15) is 58.8 Å². The van der Waals surface area contributed by atoms with Crippen LogP contribution in [0, 0.1) is 0 Å². The zero-order valence-corrected chi connectivity index (χ0v) is 17.3. The van der Waals surface area contributed by atoms with E-state index < -0.39 is 47.0 Å². The molecule has 0 heterocycles. The summed E-state index contributed by atoms with van der Waals surface area (Å²) in [5.41, 5.74) is 0. The SMILES string of the molecule is CC(=O)C(=O)[O-].CC(=O)C(=O)[O-].CC(=O)C(=O)[O-].CC(=O)C(=O)[O-].[Pb+4]. The summed E-state index contributed by atoms with van der Waals surface area (Å²) in [6.07, 6.45) is 0. The molecule has 136 valence electrons. The van der Waals surface area contributed by atoms with Crippen molar-refractivity contribution in [3.63, 3.8) is 0 Å². The van der Waals surface area contributed by atoms with Crippen LogP contribution >= 0.6 is 0 Å². The Labute approximate surface area is 161 Å². The van der Waals surface area contributed by atoms with E-state index in [4.69, 9.17) is 0 Å². The van der Waals surface area contributed by atoms with Gasteiger partial charge < -0.3 is 39.6 Å². The summed E-state index contributed by atoms with van der Waals surface area (Å²) in [6.45, 7) is 3.76. The topological polar surface area (TPSA) is 229 Å². The van der Waals surface area contributed by atoms with Crippen LogP contribution in [0.15, 0.2) is 0 Å². The third-order valence-corrected chi connectivity index (χ3v) is 1.15. The van der Waals surface area contributed by atoms with E-state index in [1.54, 1.807) is 0 Å². The minimum Gasteiger partial charge on any atom is -0.542 e. The average Bonchev–Trinajstić information content (AvgIpc) is 2.40. The van der Waals surface area contributed by atoms with Crippen molar-refractivity contribution in [2.75, 3.05) is 0 Å². The smallest absolute Gasteiger partial charge is 0.542 e. The molecule has 0 spiro atoms. The Morgan fingerprint density at radius 3 is 0.440 bits per heavy atom. The van der Waals surface area contributed by atoms with Gasteiger partial charge in [-0.3, -0.25) is 19.2 Å². The van der Waals surface area contributed by atoms with Crippen molar-refractivity contribution >= 4 is 74.3 Å². The molecule has 0 aliphatic carbocycles. The van der Waals surface area contributed by atoms with Gasteiger partial charge in [0.25, 0.3) is 0 Å². The quantitative estimate of drug-likeness (QED) is 0.233. The predicted octanol–water partition coefficient (Wildman–Crippen LogP) is -7.08. The van der Waals surface area contributed by atoms with E-state index in [-0.39, 0.29) is 27.3 Å². The first-order valence-electron chi connectivity index (χ1n) is 5.45. The zero-order valence-electron chi connectivity index (χ0n) is 13.4. The third kappa shape index (κ3) is 44.9. The number of aliphatic carboxylic acids is 4. The molecular weight excluding hydrogens is 543 g/mol. The number of carbonyl (C=O) groups excluding carboxylic acids is 8. The standard InChI is InChI=1S/4C3H4O3.Pb/c4*1-2(4)3(5)6;/h4*1H3,(H,5,6);/q;;;;+4/p-4. The van der Waals surface area contributed by atoms with Gasteiger partial charge in [0.1, 0.15) is 23.9 Å². The van der Waals surface area contributed by atoms with Crippen molar-refractivity contribution in [2.24, 2.45) is 0 Å². The first kappa shape index (κ1) is 33.9. The molecular formula is C12H12O12Pb. The van der Waals surface area contributed by atoms with E-state index in [1.807, 2.05) is 0 Å². The molecule has 0 aromatic rings. The molecule has 12 nitrogen and oxygen atoms in total. The van der Waals surface area contributed by atoms with Gasteiger partial charge in [0.15, 0.2) is 23.1 Å². The van der Waals surface area contributed by atoms with Gasteiger partial charge in [-0.15, -0.1) is 0 Å². The third-order valence-electron chi connectivity index (χ3n) is 1.15. The molecule has 13 heteroatoms. The van der Waals surface area contributed by atoms with Crippen molar-refractivity contribution in [3.05, 3.63) is 0 Å². The number of ketones is 4. The second kappa shape index (κ2) is 19.5. The number of hydrogen-bond acceptors (Lipinski definition) is 12. The van der Waals surface area contributed by atoms with Crippen LogP contribution in [0.1, 0.15) is 27.7 Å². The van der Waals surface area contributed by atoms with Crippen molar-refractivity contribution in [1.82, 2.24) is 0 Å². The van der Waals surface area contributed by atoms with Crippen LogP contribution in [0.25, 0.3) is 0 Å². The molecule has 0 aliphatic rings. The fraction of sp³-hybridized carbons (Fsp3) is 0.333. The Morgan fingerprint density at radius 1 is 0.400 bits per heavy atom. The van der Waals surface area contributed by atoms with Gasteiger partial charge in [-0.2, -0.15) is 0 Å². The fourth-order valence-corrected chi connectivity index (χ4v) is 0. The summed E-state index contributed by atoms with van der Waals surface area (Å²) in [4.78, 5) is 74.9. The van der Waals surface area contributed by atoms with Gasteiger partial charge in [-0.1, -0.05) is 0 Å². The summed E-state index contributed by atoms with van der Waals surface area (Å²) in [5, 5.41) is 37.0. The molecule has 0 saturated carbocycles. The Morgan fingerprint density at radius 2 is 0.440 bits per heavy atom. The second-order valence-corrected chi connectivity index (χ2v) is 3.37. The minimum absolute atomic E-state index is 0. The molecule has 0 radical (unpaired) electrons. The predicted molar refractivity (Wildman–Crippen MR) is 68.5 cm³/mol. The van der Waals surface area contributed by atoms with E-state index in [2.05, 4.69) is 0 Å². The largest absolute Gasteiger partial charge is 4.00 e. The maximum Gasteiger partial charge on any atom is 4.00 e.